The van der Waals surface area contributed by atoms with Gasteiger partial charge in [0.1, 0.15) is 11.5 Å². The highest BCUT2D eigenvalue weighted by atomic mass is 79.9. The number of hydrogen-bond donors (Lipinski definition) is 2. The van der Waals surface area contributed by atoms with Crippen molar-refractivity contribution in [1.29, 1.82) is 0 Å². The lowest BCUT2D eigenvalue weighted by molar-refractivity contribution is 0.0939. The number of hydrogen-bond acceptors (Lipinski definition) is 4. The number of methoxy groups -OCH3 is 1. The number of nitrogens with one attached hydrogen (secondary N) is 1. The van der Waals surface area contributed by atoms with E-state index in [0.717, 1.165) is 10.0 Å². The minimum atomic E-state index is -0.240. The van der Waals surface area contributed by atoms with Gasteiger partial charge in [0, 0.05) is 28.6 Å². The summed E-state index contributed by atoms with van der Waals surface area (Å²) in [6, 6.07) is 12.4. The summed E-state index contributed by atoms with van der Waals surface area (Å²) >= 11 is 3.43. The van der Waals surface area contributed by atoms with Crippen molar-refractivity contribution in [2.45, 2.75) is 19.4 Å². The van der Waals surface area contributed by atoms with E-state index in [-0.39, 0.29) is 18.6 Å². The fourth-order valence-corrected chi connectivity index (χ4v) is 2.70. The zero-order valence-corrected chi connectivity index (χ0v) is 15.9. The molecule has 2 N–H and O–H groups in total. The molecule has 5 nitrogen and oxygen atoms in total. The molecule has 2 rings (SSSR count). The van der Waals surface area contributed by atoms with Gasteiger partial charge in [0.15, 0.2) is 0 Å². The van der Waals surface area contributed by atoms with Crippen LogP contribution in [0.1, 0.15) is 35.3 Å². The highest BCUT2D eigenvalue weighted by Gasteiger charge is 2.16. The quantitative estimate of drug-likeness (QED) is 0.654. The zero-order valence-electron chi connectivity index (χ0n) is 14.3. The average molecular weight is 408 g/mol. The lowest BCUT2D eigenvalue weighted by atomic mass is 10.1. The molecule has 2 aromatic rings. The fourth-order valence-electron chi connectivity index (χ4n) is 2.36. The van der Waals surface area contributed by atoms with Crippen LogP contribution in [-0.2, 0) is 0 Å². The number of carbonyl (C=O) groups is 1. The van der Waals surface area contributed by atoms with Crippen LogP contribution < -0.4 is 14.8 Å². The Kier molecular flexibility index (Phi) is 7.28. The third kappa shape index (κ3) is 5.47. The van der Waals surface area contributed by atoms with Crippen LogP contribution in [0, 0.1) is 0 Å². The van der Waals surface area contributed by atoms with E-state index >= 15 is 0 Å². The van der Waals surface area contributed by atoms with Crippen molar-refractivity contribution in [3.05, 3.63) is 58.1 Å². The normalized spacial score (nSPS) is 11.7. The summed E-state index contributed by atoms with van der Waals surface area (Å²) in [5, 5.41) is 11.9. The highest BCUT2D eigenvalue weighted by Crippen LogP contribution is 2.29. The molecular formula is C19H22BrNO4. The summed E-state index contributed by atoms with van der Waals surface area (Å²) in [7, 11) is 1.57. The molecular weight excluding hydrogens is 386 g/mol. The van der Waals surface area contributed by atoms with Gasteiger partial charge in [-0.15, -0.1) is 0 Å². The number of halogens is 1. The van der Waals surface area contributed by atoms with E-state index in [1.807, 2.05) is 25.1 Å². The number of benzene rings is 2. The minimum Gasteiger partial charge on any atom is -0.497 e. The molecule has 0 saturated heterocycles. The van der Waals surface area contributed by atoms with Crippen LogP contribution in [0.2, 0.25) is 0 Å². The molecule has 2 aromatic carbocycles. The number of carbonyl (C=O) groups excluding carboxylic acids is 1. The molecule has 0 aliphatic heterocycles. The maximum absolute atomic E-state index is 12.5. The van der Waals surface area contributed by atoms with Crippen molar-refractivity contribution < 1.29 is 19.4 Å². The van der Waals surface area contributed by atoms with Crippen molar-refractivity contribution in [3.63, 3.8) is 0 Å². The molecule has 0 heterocycles. The molecule has 0 radical (unpaired) electrons. The van der Waals surface area contributed by atoms with Crippen LogP contribution in [0.15, 0.2) is 46.9 Å². The lowest BCUT2D eigenvalue weighted by Gasteiger charge is -2.19. The first-order valence-electron chi connectivity index (χ1n) is 8.03. The average Bonchev–Trinajstić information content (AvgIpc) is 2.62. The number of aliphatic hydroxyl groups is 1. The van der Waals surface area contributed by atoms with Crippen LogP contribution in [0.3, 0.4) is 0 Å². The Morgan fingerprint density at radius 3 is 2.80 bits per heavy atom. The SMILES string of the molecule is COc1cccc(C(=O)N[C@H](C)c2ccc(Br)cc2OCCCO)c1. The van der Waals surface area contributed by atoms with Gasteiger partial charge in [-0.1, -0.05) is 28.1 Å². The fraction of sp³-hybridized carbons (Fsp3) is 0.316. The van der Waals surface area contributed by atoms with Crippen LogP contribution in [-0.4, -0.2) is 31.3 Å². The van der Waals surface area contributed by atoms with Crippen LogP contribution in [0.25, 0.3) is 0 Å². The van der Waals surface area contributed by atoms with Crippen LogP contribution in [0.5, 0.6) is 11.5 Å². The first-order valence-corrected chi connectivity index (χ1v) is 8.82. The van der Waals surface area contributed by atoms with Gasteiger partial charge in [-0.05, 0) is 37.3 Å². The molecule has 1 atom stereocenters. The summed E-state index contributed by atoms with van der Waals surface area (Å²) in [5.41, 5.74) is 1.41. The minimum absolute atomic E-state index is 0.0749. The molecule has 0 aromatic heterocycles. The van der Waals surface area contributed by atoms with Gasteiger partial charge in [0.05, 0.1) is 19.8 Å². The molecule has 6 heteroatoms. The Labute approximate surface area is 156 Å². The third-order valence-electron chi connectivity index (χ3n) is 3.68. The van der Waals surface area contributed by atoms with E-state index in [2.05, 4.69) is 21.2 Å². The van der Waals surface area contributed by atoms with Crippen molar-refractivity contribution in [2.24, 2.45) is 0 Å². The summed E-state index contributed by atoms with van der Waals surface area (Å²) in [6.45, 7) is 2.39. The number of aliphatic hydroxyl groups excluding tert-OH is 1. The predicted molar refractivity (Wildman–Crippen MR) is 100 cm³/mol. The molecule has 0 saturated carbocycles. The Hall–Kier alpha value is -2.05. The molecule has 0 aliphatic carbocycles. The van der Waals surface area contributed by atoms with Gasteiger partial charge in [-0.25, -0.2) is 0 Å². The zero-order chi connectivity index (χ0) is 18.2. The predicted octanol–water partition coefficient (Wildman–Crippen LogP) is 3.71. The van der Waals surface area contributed by atoms with E-state index in [1.165, 1.54) is 0 Å². The Morgan fingerprint density at radius 2 is 2.08 bits per heavy atom. The molecule has 0 bridgehead atoms. The van der Waals surface area contributed by atoms with Gasteiger partial charge < -0.3 is 19.9 Å². The molecule has 0 spiro atoms. The largest absolute Gasteiger partial charge is 0.497 e. The van der Waals surface area contributed by atoms with Gasteiger partial charge in [0.2, 0.25) is 0 Å². The molecule has 0 aliphatic rings. The van der Waals surface area contributed by atoms with Gasteiger partial charge in [0.25, 0.3) is 5.91 Å². The molecule has 134 valence electrons. The number of amides is 1. The maximum Gasteiger partial charge on any atom is 0.251 e. The standard InChI is InChI=1S/C19H22BrNO4/c1-13(21-19(23)14-5-3-6-16(11-14)24-2)17-8-7-15(20)12-18(17)25-10-4-9-22/h3,5-8,11-13,22H,4,9-10H2,1-2H3,(H,21,23)/t13-/m1/s1. The second kappa shape index (κ2) is 9.44. The van der Waals surface area contributed by atoms with E-state index in [1.54, 1.807) is 31.4 Å². The van der Waals surface area contributed by atoms with Crippen LogP contribution >= 0.6 is 15.9 Å². The van der Waals surface area contributed by atoms with Crippen molar-refractivity contribution in [2.75, 3.05) is 20.3 Å². The summed E-state index contributed by atoms with van der Waals surface area (Å²) in [5.74, 6) is 1.13. The molecule has 25 heavy (non-hydrogen) atoms. The summed E-state index contributed by atoms with van der Waals surface area (Å²) in [6.07, 6.45) is 0.552. The van der Waals surface area contributed by atoms with E-state index in [0.29, 0.717) is 30.1 Å². The molecule has 1 amide bonds. The first-order chi connectivity index (χ1) is 12.0. The van der Waals surface area contributed by atoms with Crippen molar-refractivity contribution in [3.8, 4) is 11.5 Å². The smallest absolute Gasteiger partial charge is 0.251 e. The van der Waals surface area contributed by atoms with Gasteiger partial charge in [-0.2, -0.15) is 0 Å². The van der Waals surface area contributed by atoms with E-state index < -0.39 is 0 Å². The molecule has 0 unspecified atom stereocenters. The highest BCUT2D eigenvalue weighted by molar-refractivity contribution is 9.10. The summed E-state index contributed by atoms with van der Waals surface area (Å²) in [4.78, 5) is 12.5. The van der Waals surface area contributed by atoms with Gasteiger partial charge in [-0.3, -0.25) is 4.79 Å². The number of ether oxygens (including phenoxy) is 2. The Morgan fingerprint density at radius 1 is 1.28 bits per heavy atom. The van der Waals surface area contributed by atoms with Gasteiger partial charge >= 0.3 is 0 Å². The van der Waals surface area contributed by atoms with Crippen LogP contribution in [0.4, 0.5) is 0 Å². The summed E-state index contributed by atoms with van der Waals surface area (Å²) < 4.78 is 11.8. The second-order valence-electron chi connectivity index (χ2n) is 5.53. The second-order valence-corrected chi connectivity index (χ2v) is 6.45. The monoisotopic (exact) mass is 407 g/mol. The molecule has 0 fully saturated rings. The number of rotatable bonds is 8. The van der Waals surface area contributed by atoms with Crippen molar-refractivity contribution >= 4 is 21.8 Å². The Balaban J connectivity index is 2.13. The van der Waals surface area contributed by atoms with Crippen molar-refractivity contribution in [1.82, 2.24) is 5.32 Å². The first kappa shape index (κ1) is 19.3. The topological polar surface area (TPSA) is 67.8 Å². The lowest BCUT2D eigenvalue weighted by Crippen LogP contribution is -2.27. The Bertz CT molecular complexity index is 720. The van der Waals surface area contributed by atoms with E-state index in [9.17, 15) is 4.79 Å². The third-order valence-corrected chi connectivity index (χ3v) is 4.17. The maximum atomic E-state index is 12.5. The van der Waals surface area contributed by atoms with E-state index in [4.69, 9.17) is 14.6 Å².